The number of nitrogens with two attached hydrogens (primary N) is 1. The number of carbonyl (C=O) groups is 1. The van der Waals surface area contributed by atoms with Gasteiger partial charge in [0.2, 0.25) is 0 Å². The maximum absolute atomic E-state index is 13.6. The number of nitrogens with zero attached hydrogens (tertiary/aromatic N) is 1. The van der Waals surface area contributed by atoms with E-state index in [2.05, 4.69) is 10.3 Å². The first-order valence-corrected chi connectivity index (χ1v) is 7.60. The zero-order chi connectivity index (χ0) is 17.3. The Bertz CT molecular complexity index is 909. The van der Waals surface area contributed by atoms with Gasteiger partial charge in [0, 0.05) is 16.6 Å². The number of aromatic nitrogens is 1. The molecule has 122 valence electrons. The smallest absolute Gasteiger partial charge is 0.258 e. The van der Waals surface area contributed by atoms with Gasteiger partial charge >= 0.3 is 0 Å². The van der Waals surface area contributed by atoms with Crippen LogP contribution in [0.3, 0.4) is 0 Å². The van der Waals surface area contributed by atoms with Crippen LogP contribution in [0.1, 0.15) is 10.4 Å². The molecule has 0 saturated carbocycles. The van der Waals surface area contributed by atoms with Gasteiger partial charge in [-0.25, -0.2) is 18.2 Å². The van der Waals surface area contributed by atoms with Crippen LogP contribution < -0.4 is 11.1 Å². The average molecular weight is 349 g/mol. The van der Waals surface area contributed by atoms with E-state index >= 15 is 0 Å². The normalized spacial score (nSPS) is 10.6. The first kappa shape index (κ1) is 16.0. The lowest BCUT2D eigenvalue weighted by molar-refractivity contribution is 0.102. The van der Waals surface area contributed by atoms with E-state index in [9.17, 15) is 18.0 Å². The number of nitrogen functional groups attached to an aromatic ring is 1. The second-order valence-corrected chi connectivity index (χ2v) is 5.72. The summed E-state index contributed by atoms with van der Waals surface area (Å²) < 4.78 is 39.7. The van der Waals surface area contributed by atoms with Gasteiger partial charge < -0.3 is 11.1 Å². The number of hydrogen-bond acceptors (Lipinski definition) is 4. The second kappa shape index (κ2) is 6.32. The predicted molar refractivity (Wildman–Crippen MR) is 86.2 cm³/mol. The summed E-state index contributed by atoms with van der Waals surface area (Å²) in [5.74, 6) is -5.44. The van der Waals surface area contributed by atoms with Crippen molar-refractivity contribution in [1.29, 1.82) is 0 Å². The van der Waals surface area contributed by atoms with Gasteiger partial charge in [0.15, 0.2) is 22.6 Å². The quantitative estimate of drug-likeness (QED) is 0.701. The Labute approximate surface area is 138 Å². The van der Waals surface area contributed by atoms with E-state index in [0.717, 1.165) is 11.6 Å². The van der Waals surface area contributed by atoms with Crippen molar-refractivity contribution in [2.24, 2.45) is 0 Å². The molecule has 0 fully saturated rings. The van der Waals surface area contributed by atoms with Crippen molar-refractivity contribution < 1.29 is 18.0 Å². The summed E-state index contributed by atoms with van der Waals surface area (Å²) in [6.45, 7) is 0. The van der Waals surface area contributed by atoms with Gasteiger partial charge in [0.25, 0.3) is 5.91 Å². The lowest BCUT2D eigenvalue weighted by Crippen LogP contribution is -2.15. The molecule has 4 nitrogen and oxygen atoms in total. The highest BCUT2D eigenvalue weighted by atomic mass is 32.1. The molecule has 0 aliphatic carbocycles. The number of benzene rings is 2. The molecule has 3 N–H and O–H groups in total. The zero-order valence-corrected chi connectivity index (χ0v) is 12.8. The molecule has 1 aromatic heterocycles. The minimum Gasteiger partial charge on any atom is -0.375 e. The molecule has 3 aromatic rings. The van der Waals surface area contributed by atoms with E-state index in [1.807, 2.05) is 0 Å². The summed E-state index contributed by atoms with van der Waals surface area (Å²) in [6.07, 6.45) is 0. The molecule has 24 heavy (non-hydrogen) atoms. The fourth-order valence-corrected chi connectivity index (χ4v) is 2.62. The van der Waals surface area contributed by atoms with Gasteiger partial charge in [-0.3, -0.25) is 4.79 Å². The van der Waals surface area contributed by atoms with Crippen LogP contribution >= 0.6 is 11.3 Å². The molecule has 0 radical (unpaired) electrons. The third-order valence-electron chi connectivity index (χ3n) is 3.24. The summed E-state index contributed by atoms with van der Waals surface area (Å²) in [5, 5.41) is 4.65. The van der Waals surface area contributed by atoms with Crippen molar-refractivity contribution in [3.8, 4) is 11.3 Å². The average Bonchev–Trinajstić information content (AvgIpc) is 3.00. The maximum atomic E-state index is 13.6. The Hall–Kier alpha value is -2.87. The molecular formula is C16H10F3N3OS. The monoisotopic (exact) mass is 349 g/mol. The summed E-state index contributed by atoms with van der Waals surface area (Å²) in [7, 11) is 0. The van der Waals surface area contributed by atoms with Gasteiger partial charge in [-0.2, -0.15) is 0 Å². The predicted octanol–water partition coefficient (Wildman–Crippen LogP) is 4.06. The number of anilines is 2. The number of amides is 1. The Balaban J connectivity index is 1.79. The fraction of sp³-hybridized carbons (Fsp3) is 0. The summed E-state index contributed by atoms with van der Waals surface area (Å²) in [5.41, 5.74) is 6.85. The lowest BCUT2D eigenvalue weighted by atomic mass is 10.1. The molecule has 3 rings (SSSR count). The molecule has 0 aliphatic rings. The number of nitrogens with one attached hydrogen (secondary N) is 1. The largest absolute Gasteiger partial charge is 0.375 e. The second-order valence-electron chi connectivity index (χ2n) is 4.83. The fourth-order valence-electron chi connectivity index (χ4n) is 2.04. The van der Waals surface area contributed by atoms with E-state index in [4.69, 9.17) is 5.73 Å². The van der Waals surface area contributed by atoms with Gasteiger partial charge in [-0.15, -0.1) is 11.3 Å². The number of rotatable bonds is 3. The van der Waals surface area contributed by atoms with Gasteiger partial charge in [-0.05, 0) is 24.3 Å². The molecule has 0 bridgehead atoms. The van der Waals surface area contributed by atoms with E-state index in [-0.39, 0.29) is 0 Å². The standard InChI is InChI=1S/C16H10F3N3OS/c17-11-6-5-10(13(18)14(11)19)15(23)21-9-3-1-8(2-4-9)12-7-24-16(20)22-12/h1-7H,(H2,20,22)(H,21,23). The van der Waals surface area contributed by atoms with E-state index < -0.39 is 28.9 Å². The number of hydrogen-bond donors (Lipinski definition) is 2. The van der Waals surface area contributed by atoms with Crippen LogP contribution in [0.5, 0.6) is 0 Å². The van der Waals surface area contributed by atoms with E-state index in [1.165, 1.54) is 11.3 Å². The highest BCUT2D eigenvalue weighted by Crippen LogP contribution is 2.24. The third kappa shape index (κ3) is 3.09. The van der Waals surface area contributed by atoms with Crippen LogP contribution in [0.4, 0.5) is 24.0 Å². The van der Waals surface area contributed by atoms with Gasteiger partial charge in [-0.1, -0.05) is 12.1 Å². The molecule has 0 atom stereocenters. The minimum absolute atomic E-state index is 0.371. The van der Waals surface area contributed by atoms with Crippen molar-refractivity contribution in [1.82, 2.24) is 4.98 Å². The van der Waals surface area contributed by atoms with Crippen molar-refractivity contribution in [2.45, 2.75) is 0 Å². The molecular weight excluding hydrogens is 339 g/mol. The van der Waals surface area contributed by atoms with Crippen LogP contribution in [0.15, 0.2) is 41.8 Å². The topological polar surface area (TPSA) is 68.0 Å². The van der Waals surface area contributed by atoms with Crippen LogP contribution in [0, 0.1) is 17.5 Å². The molecule has 0 aliphatic heterocycles. The molecule has 1 heterocycles. The number of thiazole rings is 1. The Kier molecular flexibility index (Phi) is 4.22. The SMILES string of the molecule is Nc1nc(-c2ccc(NC(=O)c3ccc(F)c(F)c3F)cc2)cs1. The Morgan fingerprint density at radius 3 is 2.38 bits per heavy atom. The molecule has 2 aromatic carbocycles. The van der Waals surface area contributed by atoms with Gasteiger partial charge in [0.05, 0.1) is 11.3 Å². The molecule has 0 unspecified atom stereocenters. The van der Waals surface area contributed by atoms with Crippen molar-refractivity contribution in [3.05, 3.63) is 64.8 Å². The molecule has 1 amide bonds. The first-order valence-electron chi connectivity index (χ1n) is 6.72. The molecule has 0 saturated heterocycles. The molecule has 0 spiro atoms. The number of carbonyl (C=O) groups excluding carboxylic acids is 1. The highest BCUT2D eigenvalue weighted by Gasteiger charge is 2.18. The summed E-state index contributed by atoms with van der Waals surface area (Å²) in [6, 6.07) is 8.15. The summed E-state index contributed by atoms with van der Waals surface area (Å²) >= 11 is 1.30. The molecule has 8 heteroatoms. The van der Waals surface area contributed by atoms with E-state index in [0.29, 0.717) is 22.6 Å². The minimum atomic E-state index is -1.68. The van der Waals surface area contributed by atoms with E-state index in [1.54, 1.807) is 29.6 Å². The third-order valence-corrected chi connectivity index (χ3v) is 3.91. The van der Waals surface area contributed by atoms with Crippen molar-refractivity contribution in [3.63, 3.8) is 0 Å². The van der Waals surface area contributed by atoms with Crippen LogP contribution in [-0.4, -0.2) is 10.9 Å². The zero-order valence-electron chi connectivity index (χ0n) is 12.0. The number of halogens is 3. The maximum Gasteiger partial charge on any atom is 0.258 e. The van der Waals surface area contributed by atoms with Crippen LogP contribution in [0.25, 0.3) is 11.3 Å². The Morgan fingerprint density at radius 2 is 1.75 bits per heavy atom. The highest BCUT2D eigenvalue weighted by molar-refractivity contribution is 7.13. The summed E-state index contributed by atoms with van der Waals surface area (Å²) in [4.78, 5) is 16.1. The van der Waals surface area contributed by atoms with Crippen LogP contribution in [0.2, 0.25) is 0 Å². The van der Waals surface area contributed by atoms with Gasteiger partial charge in [0.1, 0.15) is 0 Å². The lowest BCUT2D eigenvalue weighted by Gasteiger charge is -2.07. The Morgan fingerprint density at radius 1 is 1.04 bits per heavy atom. The first-order chi connectivity index (χ1) is 11.5. The van der Waals surface area contributed by atoms with Crippen molar-refractivity contribution >= 4 is 28.1 Å². The van der Waals surface area contributed by atoms with Crippen LogP contribution in [-0.2, 0) is 0 Å². The van der Waals surface area contributed by atoms with Crippen molar-refractivity contribution in [2.75, 3.05) is 11.1 Å².